The van der Waals surface area contributed by atoms with Gasteiger partial charge in [-0.15, -0.1) is 11.3 Å². The summed E-state index contributed by atoms with van der Waals surface area (Å²) in [5.74, 6) is -1.80. The van der Waals surface area contributed by atoms with Gasteiger partial charge in [-0.2, -0.15) is 23.4 Å². The molecule has 0 spiro atoms. The number of benzene rings is 1. The van der Waals surface area contributed by atoms with Crippen molar-refractivity contribution in [1.29, 1.82) is 0 Å². The number of alkyl halides is 5. The Labute approximate surface area is 269 Å². The molecule has 0 aliphatic rings. The molecule has 6 aromatic rings. The van der Waals surface area contributed by atoms with Gasteiger partial charge in [-0.05, 0) is 36.8 Å². The number of hydrogen-bond donors (Lipinski definition) is 2. The summed E-state index contributed by atoms with van der Waals surface area (Å²) in [6, 6.07) is 7.99. The average molecular weight is 691 g/mol. The monoisotopic (exact) mass is 690 g/mol. The molecule has 11 nitrogen and oxygen atoms in total. The number of rotatable bonds is 7. The van der Waals surface area contributed by atoms with E-state index in [-0.39, 0.29) is 37.6 Å². The van der Waals surface area contributed by atoms with Crippen LogP contribution < -0.4 is 15.8 Å². The van der Waals surface area contributed by atoms with Crippen LogP contribution in [-0.2, 0) is 13.2 Å². The van der Waals surface area contributed by atoms with Crippen molar-refractivity contribution in [1.82, 2.24) is 29.4 Å². The third-order valence-corrected chi connectivity index (χ3v) is 8.52. The third kappa shape index (κ3) is 5.61. The van der Waals surface area contributed by atoms with E-state index >= 15 is 0 Å². The SMILES string of the molecule is COc1cccc(-c2cc(C(F)(F)F)n3nc(C(=O)Nc4c(C(N)=O)sc5nc(C(F)F)cc(-c6cn(C)nc6C)c45)c(Cl)c3n2)c1. The first-order chi connectivity index (χ1) is 22.2. The first-order valence-corrected chi connectivity index (χ1v) is 14.6. The lowest BCUT2D eigenvalue weighted by Gasteiger charge is -2.11. The predicted molar refractivity (Wildman–Crippen MR) is 163 cm³/mol. The van der Waals surface area contributed by atoms with Crippen molar-refractivity contribution in [3.05, 3.63) is 75.3 Å². The molecule has 0 aliphatic carbocycles. The molecule has 0 radical (unpaired) electrons. The van der Waals surface area contributed by atoms with Crippen LogP contribution in [0.4, 0.5) is 27.6 Å². The average Bonchev–Trinajstić information content (AvgIpc) is 3.67. The number of ether oxygens (including phenoxy) is 1. The van der Waals surface area contributed by atoms with Gasteiger partial charge in [0.15, 0.2) is 17.0 Å². The number of halogens is 6. The molecule has 5 aromatic heterocycles. The van der Waals surface area contributed by atoms with Gasteiger partial charge in [0.05, 0.1) is 24.2 Å². The molecule has 242 valence electrons. The van der Waals surface area contributed by atoms with Crippen LogP contribution in [0.3, 0.4) is 0 Å². The molecule has 0 saturated carbocycles. The van der Waals surface area contributed by atoms with Crippen LogP contribution in [0, 0.1) is 6.92 Å². The standard InChI is InChI=1S/C29H20ClF5N8O3S/c1-11-15(10-42(2)40-11)14-8-17(24(31)32)38-28-19(14)21(23(47-28)25(36)44)39-27(45)22-20(30)26-37-16(12-5-4-6-13(7-12)46-3)9-18(29(33,34)35)43(26)41-22/h4-10,24H,1-3H3,(H2,36,44)(H,39,45). The van der Waals surface area contributed by atoms with E-state index in [4.69, 9.17) is 22.1 Å². The molecule has 5 heterocycles. The van der Waals surface area contributed by atoms with Crippen molar-refractivity contribution >= 4 is 56.3 Å². The Kier molecular flexibility index (Phi) is 7.83. The quantitative estimate of drug-likeness (QED) is 0.178. The van der Waals surface area contributed by atoms with Gasteiger partial charge in [-0.3, -0.25) is 14.3 Å². The van der Waals surface area contributed by atoms with Crippen LogP contribution in [0.15, 0.2) is 42.6 Å². The fraction of sp³-hybridized carbons (Fsp3) is 0.172. The van der Waals surface area contributed by atoms with E-state index in [2.05, 4.69) is 25.5 Å². The zero-order valence-electron chi connectivity index (χ0n) is 24.3. The number of thiophene rings is 1. The number of nitrogens with two attached hydrogens (primary N) is 1. The smallest absolute Gasteiger partial charge is 0.433 e. The van der Waals surface area contributed by atoms with Gasteiger partial charge in [-0.25, -0.2) is 23.3 Å². The minimum Gasteiger partial charge on any atom is -0.497 e. The molecule has 3 N–H and O–H groups in total. The highest BCUT2D eigenvalue weighted by Crippen LogP contribution is 2.44. The number of amides is 2. The van der Waals surface area contributed by atoms with Crippen LogP contribution in [0.2, 0.25) is 5.02 Å². The highest BCUT2D eigenvalue weighted by molar-refractivity contribution is 7.21. The fourth-order valence-corrected chi connectivity index (χ4v) is 6.30. The molecule has 0 aliphatic heterocycles. The summed E-state index contributed by atoms with van der Waals surface area (Å²) in [7, 11) is 3.01. The number of anilines is 1. The summed E-state index contributed by atoms with van der Waals surface area (Å²) in [6.07, 6.45) is -6.39. The molecule has 0 saturated heterocycles. The highest BCUT2D eigenvalue weighted by atomic mass is 35.5. The minimum atomic E-state index is -4.95. The maximum atomic E-state index is 14.3. The summed E-state index contributed by atoms with van der Waals surface area (Å²) < 4.78 is 77.6. The first-order valence-electron chi connectivity index (χ1n) is 13.4. The van der Waals surface area contributed by atoms with Gasteiger partial charge in [0, 0.05) is 29.8 Å². The molecule has 0 unspecified atom stereocenters. The summed E-state index contributed by atoms with van der Waals surface area (Å²) >= 11 is 7.11. The normalized spacial score (nSPS) is 12.0. The Hall–Kier alpha value is -5.16. The largest absolute Gasteiger partial charge is 0.497 e. The molecule has 47 heavy (non-hydrogen) atoms. The summed E-state index contributed by atoms with van der Waals surface area (Å²) in [4.78, 5) is 34.1. The lowest BCUT2D eigenvalue weighted by molar-refractivity contribution is -0.142. The number of hydrogen-bond acceptors (Lipinski definition) is 8. The number of fused-ring (bicyclic) bond motifs is 2. The van der Waals surface area contributed by atoms with E-state index in [0.717, 1.165) is 12.1 Å². The number of primary amides is 1. The Morgan fingerprint density at radius 2 is 1.85 bits per heavy atom. The van der Waals surface area contributed by atoms with Gasteiger partial charge in [0.1, 0.15) is 26.2 Å². The molecule has 1 aromatic carbocycles. The van der Waals surface area contributed by atoms with Crippen molar-refractivity contribution in [3.63, 3.8) is 0 Å². The van der Waals surface area contributed by atoms with Crippen LogP contribution in [-0.4, -0.2) is 48.3 Å². The minimum absolute atomic E-state index is 0.0600. The third-order valence-electron chi connectivity index (χ3n) is 7.08. The zero-order chi connectivity index (χ0) is 33.9. The number of pyridine rings is 1. The fourth-order valence-electron chi connectivity index (χ4n) is 5.04. The van der Waals surface area contributed by atoms with Crippen molar-refractivity contribution < 1.29 is 36.3 Å². The van der Waals surface area contributed by atoms with Crippen LogP contribution in [0.1, 0.15) is 43.7 Å². The van der Waals surface area contributed by atoms with E-state index in [0.29, 0.717) is 32.9 Å². The lowest BCUT2D eigenvalue weighted by Crippen LogP contribution is -2.18. The summed E-state index contributed by atoms with van der Waals surface area (Å²) in [6.45, 7) is 1.63. The van der Waals surface area contributed by atoms with Gasteiger partial charge < -0.3 is 15.8 Å². The van der Waals surface area contributed by atoms with Crippen molar-refractivity contribution in [2.75, 3.05) is 12.4 Å². The highest BCUT2D eigenvalue weighted by Gasteiger charge is 2.37. The second-order valence-corrected chi connectivity index (χ2v) is 11.5. The van der Waals surface area contributed by atoms with Crippen LogP contribution >= 0.6 is 22.9 Å². The Balaban J connectivity index is 1.53. The van der Waals surface area contributed by atoms with E-state index in [1.807, 2.05) is 0 Å². The van der Waals surface area contributed by atoms with Crippen molar-refractivity contribution in [2.45, 2.75) is 19.5 Å². The maximum absolute atomic E-state index is 14.3. The van der Waals surface area contributed by atoms with Crippen molar-refractivity contribution in [3.8, 4) is 28.1 Å². The topological polar surface area (TPSA) is 142 Å². The number of carbonyl (C=O) groups is 2. The molecular weight excluding hydrogens is 671 g/mol. The molecule has 2 amide bonds. The summed E-state index contributed by atoms with van der Waals surface area (Å²) in [5.41, 5.74) is 3.47. The van der Waals surface area contributed by atoms with Gasteiger partial charge in [0.25, 0.3) is 18.2 Å². The molecule has 0 fully saturated rings. The number of aromatic nitrogens is 6. The molecule has 0 atom stereocenters. The maximum Gasteiger partial charge on any atom is 0.433 e. The Morgan fingerprint density at radius 1 is 1.11 bits per heavy atom. The molecular formula is C29H20ClF5N8O3S. The van der Waals surface area contributed by atoms with E-state index < -0.39 is 52.2 Å². The van der Waals surface area contributed by atoms with E-state index in [9.17, 15) is 31.5 Å². The summed E-state index contributed by atoms with van der Waals surface area (Å²) in [5, 5.41) is 10.1. The molecule has 0 bridgehead atoms. The van der Waals surface area contributed by atoms with Gasteiger partial charge >= 0.3 is 6.18 Å². The second kappa shape index (κ2) is 11.6. The second-order valence-electron chi connectivity index (χ2n) is 10.2. The van der Waals surface area contributed by atoms with Gasteiger partial charge in [-0.1, -0.05) is 23.7 Å². The van der Waals surface area contributed by atoms with Crippen molar-refractivity contribution in [2.24, 2.45) is 12.8 Å². The molecule has 18 heteroatoms. The Bertz CT molecular complexity index is 2240. The molecule has 6 rings (SSSR count). The number of nitrogens with one attached hydrogen (secondary N) is 1. The van der Waals surface area contributed by atoms with Crippen LogP contribution in [0.25, 0.3) is 38.2 Å². The number of nitrogens with zero attached hydrogens (tertiary/aromatic N) is 6. The number of carbonyl (C=O) groups excluding carboxylic acids is 2. The zero-order valence-corrected chi connectivity index (χ0v) is 25.9. The predicted octanol–water partition coefficient (Wildman–Crippen LogP) is 6.68. The van der Waals surface area contributed by atoms with E-state index in [1.54, 1.807) is 32.3 Å². The number of methoxy groups -OCH3 is 1. The number of aryl methyl sites for hydroxylation is 2. The van der Waals surface area contributed by atoms with Crippen LogP contribution in [0.5, 0.6) is 5.75 Å². The lowest BCUT2D eigenvalue weighted by atomic mass is 10.0. The van der Waals surface area contributed by atoms with E-state index in [1.165, 1.54) is 23.9 Å². The van der Waals surface area contributed by atoms with Gasteiger partial charge in [0.2, 0.25) is 0 Å². The first kappa shape index (κ1) is 31.8. The Morgan fingerprint density at radius 3 is 2.47 bits per heavy atom.